The molecule has 2 heterocycles. The quantitative estimate of drug-likeness (QED) is 0.720. The van der Waals surface area contributed by atoms with Crippen molar-refractivity contribution >= 4 is 11.0 Å². The first-order chi connectivity index (χ1) is 6.85. The molecule has 0 saturated heterocycles. The Morgan fingerprint density at radius 3 is 2.79 bits per heavy atom. The van der Waals surface area contributed by atoms with E-state index in [1.54, 1.807) is 6.20 Å². The predicted molar refractivity (Wildman–Crippen MR) is 58.3 cm³/mol. The van der Waals surface area contributed by atoms with E-state index in [4.69, 9.17) is 0 Å². The number of fused-ring (bicyclic) bond motifs is 1. The van der Waals surface area contributed by atoms with E-state index in [9.17, 15) is 0 Å². The fraction of sp³-hybridized carbons (Fsp3) is 0.333. The van der Waals surface area contributed by atoms with Gasteiger partial charge >= 0.3 is 0 Å². The van der Waals surface area contributed by atoms with Crippen molar-refractivity contribution in [3.8, 4) is 0 Å². The lowest BCUT2D eigenvalue weighted by atomic mass is 10.1. The highest BCUT2D eigenvalue weighted by molar-refractivity contribution is 5.78. The Balaban J connectivity index is 2.73. The molecule has 2 nitrogen and oxygen atoms in total. The lowest BCUT2D eigenvalue weighted by Gasteiger charge is -2.05. The number of hydrogen-bond acceptors (Lipinski definition) is 2. The summed E-state index contributed by atoms with van der Waals surface area (Å²) in [6, 6.07) is 6.24. The van der Waals surface area contributed by atoms with E-state index in [1.807, 2.05) is 6.07 Å². The van der Waals surface area contributed by atoms with Gasteiger partial charge in [-0.25, -0.2) is 9.97 Å². The Morgan fingerprint density at radius 2 is 2.07 bits per heavy atom. The minimum Gasteiger partial charge on any atom is -0.237 e. The van der Waals surface area contributed by atoms with E-state index in [-0.39, 0.29) is 0 Å². The molecular weight excluding hydrogens is 172 g/mol. The SMILES string of the molecule is CCc1cc(CC)c2cccnc2n1. The topological polar surface area (TPSA) is 25.8 Å². The first-order valence-corrected chi connectivity index (χ1v) is 5.08. The van der Waals surface area contributed by atoms with Crippen molar-refractivity contribution in [1.29, 1.82) is 0 Å². The standard InChI is InChI=1S/C12H14N2/c1-3-9-8-10(4-2)14-12-11(9)6-5-7-13-12/h5-8H,3-4H2,1-2H3. The molecule has 2 rings (SSSR count). The van der Waals surface area contributed by atoms with E-state index in [0.29, 0.717) is 0 Å². The van der Waals surface area contributed by atoms with Crippen LogP contribution in [0.2, 0.25) is 0 Å². The average molecular weight is 186 g/mol. The van der Waals surface area contributed by atoms with Crippen LogP contribution in [0.25, 0.3) is 11.0 Å². The minimum atomic E-state index is 0.878. The minimum absolute atomic E-state index is 0.878. The van der Waals surface area contributed by atoms with Crippen LogP contribution in [0.3, 0.4) is 0 Å². The van der Waals surface area contributed by atoms with Gasteiger partial charge in [0.25, 0.3) is 0 Å². The zero-order valence-corrected chi connectivity index (χ0v) is 8.62. The third-order valence-corrected chi connectivity index (χ3v) is 2.47. The van der Waals surface area contributed by atoms with Crippen LogP contribution in [0.4, 0.5) is 0 Å². The largest absolute Gasteiger partial charge is 0.237 e. The van der Waals surface area contributed by atoms with Crippen LogP contribution in [0.5, 0.6) is 0 Å². The number of aryl methyl sites for hydroxylation is 2. The van der Waals surface area contributed by atoms with E-state index in [2.05, 4.69) is 35.9 Å². The van der Waals surface area contributed by atoms with E-state index in [0.717, 1.165) is 24.2 Å². The molecule has 0 aromatic carbocycles. The summed E-state index contributed by atoms with van der Waals surface area (Å²) in [6.07, 6.45) is 3.81. The summed E-state index contributed by atoms with van der Waals surface area (Å²) in [6.45, 7) is 4.29. The summed E-state index contributed by atoms with van der Waals surface area (Å²) in [5.74, 6) is 0. The van der Waals surface area contributed by atoms with Gasteiger partial charge in [-0.2, -0.15) is 0 Å². The summed E-state index contributed by atoms with van der Waals surface area (Å²) < 4.78 is 0. The fourth-order valence-corrected chi connectivity index (χ4v) is 1.66. The van der Waals surface area contributed by atoms with Gasteiger partial charge in [-0.3, -0.25) is 0 Å². The van der Waals surface area contributed by atoms with Crippen LogP contribution in [-0.4, -0.2) is 9.97 Å². The van der Waals surface area contributed by atoms with Crippen molar-refractivity contribution in [3.05, 3.63) is 35.7 Å². The Bertz CT molecular complexity index is 449. The van der Waals surface area contributed by atoms with Gasteiger partial charge < -0.3 is 0 Å². The lowest BCUT2D eigenvalue weighted by molar-refractivity contribution is 1.02. The Labute approximate surface area is 84.0 Å². The van der Waals surface area contributed by atoms with Crippen molar-refractivity contribution in [2.75, 3.05) is 0 Å². The predicted octanol–water partition coefficient (Wildman–Crippen LogP) is 2.75. The average Bonchev–Trinajstić information content (AvgIpc) is 2.27. The fourth-order valence-electron chi connectivity index (χ4n) is 1.66. The highest BCUT2D eigenvalue weighted by Crippen LogP contribution is 2.17. The summed E-state index contributed by atoms with van der Waals surface area (Å²) in [5.41, 5.74) is 3.36. The Morgan fingerprint density at radius 1 is 1.21 bits per heavy atom. The van der Waals surface area contributed by atoms with Gasteiger partial charge in [0.15, 0.2) is 5.65 Å². The van der Waals surface area contributed by atoms with E-state index >= 15 is 0 Å². The summed E-state index contributed by atoms with van der Waals surface area (Å²) >= 11 is 0. The summed E-state index contributed by atoms with van der Waals surface area (Å²) in [7, 11) is 0. The van der Waals surface area contributed by atoms with Gasteiger partial charge in [0.2, 0.25) is 0 Å². The van der Waals surface area contributed by atoms with Gasteiger partial charge in [0, 0.05) is 17.3 Å². The van der Waals surface area contributed by atoms with Crippen molar-refractivity contribution in [2.45, 2.75) is 26.7 Å². The molecule has 0 unspecified atom stereocenters. The number of pyridine rings is 2. The molecule has 0 spiro atoms. The molecule has 72 valence electrons. The monoisotopic (exact) mass is 186 g/mol. The van der Waals surface area contributed by atoms with Crippen molar-refractivity contribution in [3.63, 3.8) is 0 Å². The molecule has 0 aliphatic carbocycles. The number of hydrogen-bond donors (Lipinski definition) is 0. The van der Waals surface area contributed by atoms with Crippen molar-refractivity contribution < 1.29 is 0 Å². The Kier molecular flexibility index (Phi) is 2.44. The van der Waals surface area contributed by atoms with Crippen molar-refractivity contribution in [2.24, 2.45) is 0 Å². The Hall–Kier alpha value is -1.44. The highest BCUT2D eigenvalue weighted by Gasteiger charge is 2.03. The maximum atomic E-state index is 4.49. The van der Waals surface area contributed by atoms with Gasteiger partial charge in [-0.15, -0.1) is 0 Å². The van der Waals surface area contributed by atoms with Crippen LogP contribution in [0.1, 0.15) is 25.1 Å². The van der Waals surface area contributed by atoms with Crippen LogP contribution < -0.4 is 0 Å². The molecular formula is C12H14N2. The second-order valence-corrected chi connectivity index (χ2v) is 3.35. The summed E-state index contributed by atoms with van der Waals surface area (Å²) in [5, 5.41) is 1.19. The number of aromatic nitrogens is 2. The van der Waals surface area contributed by atoms with E-state index in [1.165, 1.54) is 10.9 Å². The van der Waals surface area contributed by atoms with Gasteiger partial charge in [-0.05, 0) is 36.6 Å². The number of nitrogens with zero attached hydrogens (tertiary/aromatic N) is 2. The zero-order chi connectivity index (χ0) is 9.97. The second kappa shape index (κ2) is 3.74. The molecule has 0 aliphatic heterocycles. The lowest BCUT2D eigenvalue weighted by Crippen LogP contribution is -1.94. The molecule has 2 heteroatoms. The molecule has 0 radical (unpaired) electrons. The smallest absolute Gasteiger partial charge is 0.159 e. The van der Waals surface area contributed by atoms with Gasteiger partial charge in [-0.1, -0.05) is 13.8 Å². The third-order valence-electron chi connectivity index (χ3n) is 2.47. The molecule has 0 aliphatic rings. The van der Waals surface area contributed by atoms with Gasteiger partial charge in [0.1, 0.15) is 0 Å². The molecule has 2 aromatic heterocycles. The van der Waals surface area contributed by atoms with Crippen LogP contribution in [0, 0.1) is 0 Å². The molecule has 0 N–H and O–H groups in total. The first-order valence-electron chi connectivity index (χ1n) is 5.08. The molecule has 0 saturated carbocycles. The first kappa shape index (κ1) is 9.13. The molecule has 0 atom stereocenters. The van der Waals surface area contributed by atoms with Gasteiger partial charge in [0.05, 0.1) is 0 Å². The molecule has 0 amide bonds. The highest BCUT2D eigenvalue weighted by atomic mass is 14.8. The van der Waals surface area contributed by atoms with Crippen molar-refractivity contribution in [1.82, 2.24) is 9.97 Å². The maximum Gasteiger partial charge on any atom is 0.159 e. The molecule has 2 aromatic rings. The number of rotatable bonds is 2. The second-order valence-electron chi connectivity index (χ2n) is 3.35. The zero-order valence-electron chi connectivity index (χ0n) is 8.62. The molecule has 14 heavy (non-hydrogen) atoms. The van der Waals surface area contributed by atoms with E-state index < -0.39 is 0 Å². The molecule has 0 bridgehead atoms. The third kappa shape index (κ3) is 1.48. The normalized spacial score (nSPS) is 10.7. The maximum absolute atomic E-state index is 4.49. The van der Waals surface area contributed by atoms with Crippen LogP contribution >= 0.6 is 0 Å². The van der Waals surface area contributed by atoms with Crippen LogP contribution in [-0.2, 0) is 12.8 Å². The van der Waals surface area contributed by atoms with Crippen LogP contribution in [0.15, 0.2) is 24.4 Å². The summed E-state index contributed by atoms with van der Waals surface area (Å²) in [4.78, 5) is 8.78. The molecule has 0 fully saturated rings.